The van der Waals surface area contributed by atoms with E-state index in [-0.39, 0.29) is 5.82 Å². The van der Waals surface area contributed by atoms with E-state index in [2.05, 4.69) is 26.2 Å². The second-order valence-corrected chi connectivity index (χ2v) is 6.22. The van der Waals surface area contributed by atoms with Crippen LogP contribution in [0.15, 0.2) is 22.7 Å². The fourth-order valence-electron chi connectivity index (χ4n) is 1.58. The lowest BCUT2D eigenvalue weighted by molar-refractivity contribution is 0.397. The molecule has 0 aliphatic rings. The van der Waals surface area contributed by atoms with Gasteiger partial charge in [0.05, 0.1) is 23.0 Å². The van der Waals surface area contributed by atoms with Crippen LogP contribution in [0.4, 0.5) is 15.2 Å². The van der Waals surface area contributed by atoms with Gasteiger partial charge in [0.15, 0.2) is 5.13 Å². The first-order chi connectivity index (χ1) is 9.51. The summed E-state index contributed by atoms with van der Waals surface area (Å²) in [4.78, 5) is 7.32. The van der Waals surface area contributed by atoms with Crippen molar-refractivity contribution in [1.29, 1.82) is 0 Å². The highest BCUT2D eigenvalue weighted by Crippen LogP contribution is 2.31. The van der Waals surface area contributed by atoms with Crippen molar-refractivity contribution >= 4 is 38.1 Å². The van der Waals surface area contributed by atoms with E-state index in [4.69, 9.17) is 4.74 Å². The topological polar surface area (TPSA) is 37.4 Å². The minimum atomic E-state index is -0.277. The number of nitrogens with one attached hydrogen (secondary N) is 1. The molecule has 0 aliphatic carbocycles. The normalized spacial score (nSPS) is 10.4. The van der Waals surface area contributed by atoms with E-state index >= 15 is 0 Å². The number of anilines is 2. The van der Waals surface area contributed by atoms with Gasteiger partial charge in [-0.05, 0) is 34.1 Å². The third-order valence-electron chi connectivity index (χ3n) is 2.60. The van der Waals surface area contributed by atoms with Crippen LogP contribution >= 0.6 is 27.3 Å². The molecule has 1 heterocycles. The Kier molecular flexibility index (Phi) is 4.82. The molecule has 1 aromatic carbocycles. The molecule has 2 aromatic rings. The SMILES string of the molecule is COc1nc(N(C)C)sc1CNc1ccc(F)c(Br)c1. The van der Waals surface area contributed by atoms with E-state index in [1.54, 1.807) is 30.6 Å². The molecule has 1 aromatic heterocycles. The molecule has 0 saturated carbocycles. The summed E-state index contributed by atoms with van der Waals surface area (Å²) in [7, 11) is 5.48. The van der Waals surface area contributed by atoms with Gasteiger partial charge >= 0.3 is 0 Å². The van der Waals surface area contributed by atoms with Gasteiger partial charge in [-0.25, -0.2) is 4.39 Å². The third kappa shape index (κ3) is 3.40. The van der Waals surface area contributed by atoms with Crippen LogP contribution in [0.3, 0.4) is 0 Å². The van der Waals surface area contributed by atoms with Crippen molar-refractivity contribution in [2.45, 2.75) is 6.54 Å². The molecule has 0 saturated heterocycles. The molecular formula is C13H15BrFN3OS. The van der Waals surface area contributed by atoms with Crippen molar-refractivity contribution in [2.24, 2.45) is 0 Å². The van der Waals surface area contributed by atoms with Gasteiger partial charge in [0.25, 0.3) is 0 Å². The minimum Gasteiger partial charge on any atom is -0.480 e. The smallest absolute Gasteiger partial charge is 0.231 e. The van der Waals surface area contributed by atoms with Crippen molar-refractivity contribution in [2.75, 3.05) is 31.4 Å². The summed E-state index contributed by atoms with van der Waals surface area (Å²) in [6.07, 6.45) is 0. The first kappa shape index (κ1) is 15.1. The van der Waals surface area contributed by atoms with E-state index in [9.17, 15) is 4.39 Å². The van der Waals surface area contributed by atoms with Gasteiger partial charge in [-0.2, -0.15) is 4.98 Å². The largest absolute Gasteiger partial charge is 0.480 e. The first-order valence-corrected chi connectivity index (χ1v) is 7.52. The van der Waals surface area contributed by atoms with Crippen LogP contribution < -0.4 is 15.0 Å². The molecule has 0 bridgehead atoms. The molecule has 108 valence electrons. The Morgan fingerprint density at radius 1 is 1.45 bits per heavy atom. The predicted octanol–water partition coefficient (Wildman–Crippen LogP) is 3.73. The van der Waals surface area contributed by atoms with Crippen LogP contribution in [0.5, 0.6) is 5.88 Å². The van der Waals surface area contributed by atoms with Gasteiger partial charge in [-0.3, -0.25) is 0 Å². The summed E-state index contributed by atoms with van der Waals surface area (Å²) < 4.78 is 18.9. The zero-order valence-electron chi connectivity index (χ0n) is 11.4. The van der Waals surface area contributed by atoms with Gasteiger partial charge in [0.1, 0.15) is 5.82 Å². The predicted molar refractivity (Wildman–Crippen MR) is 84.4 cm³/mol. The lowest BCUT2D eigenvalue weighted by Crippen LogP contribution is -2.07. The van der Waals surface area contributed by atoms with Crippen LogP contribution in [0.25, 0.3) is 0 Å². The molecule has 2 rings (SSSR count). The van der Waals surface area contributed by atoms with Gasteiger partial charge in [-0.15, -0.1) is 0 Å². The van der Waals surface area contributed by atoms with Crippen molar-refractivity contribution < 1.29 is 9.13 Å². The van der Waals surface area contributed by atoms with Crippen molar-refractivity contribution in [1.82, 2.24) is 4.98 Å². The highest BCUT2D eigenvalue weighted by atomic mass is 79.9. The van der Waals surface area contributed by atoms with Crippen LogP contribution in [0.2, 0.25) is 0 Å². The summed E-state index contributed by atoms with van der Waals surface area (Å²) in [5, 5.41) is 4.12. The van der Waals surface area contributed by atoms with E-state index in [0.717, 1.165) is 15.7 Å². The molecule has 4 nitrogen and oxygen atoms in total. The second kappa shape index (κ2) is 6.41. The lowest BCUT2D eigenvalue weighted by atomic mass is 10.3. The van der Waals surface area contributed by atoms with Gasteiger partial charge < -0.3 is 15.0 Å². The summed E-state index contributed by atoms with van der Waals surface area (Å²) >= 11 is 4.73. The highest BCUT2D eigenvalue weighted by molar-refractivity contribution is 9.10. The van der Waals surface area contributed by atoms with Crippen LogP contribution in [0.1, 0.15) is 4.88 Å². The molecule has 0 radical (unpaired) electrons. The Bertz CT molecular complexity index is 603. The maximum absolute atomic E-state index is 13.2. The zero-order valence-corrected chi connectivity index (χ0v) is 13.8. The quantitative estimate of drug-likeness (QED) is 0.882. The Hall–Kier alpha value is -1.34. The Morgan fingerprint density at radius 2 is 2.20 bits per heavy atom. The van der Waals surface area contributed by atoms with Crippen LogP contribution in [-0.4, -0.2) is 26.2 Å². The van der Waals surface area contributed by atoms with Gasteiger partial charge in [0.2, 0.25) is 5.88 Å². The Balaban J connectivity index is 2.11. The molecule has 0 atom stereocenters. The molecular weight excluding hydrogens is 345 g/mol. The van der Waals surface area contributed by atoms with Crippen molar-refractivity contribution in [3.05, 3.63) is 33.4 Å². The van der Waals surface area contributed by atoms with Crippen molar-refractivity contribution in [3.63, 3.8) is 0 Å². The molecule has 0 unspecified atom stereocenters. The number of benzene rings is 1. The average molecular weight is 360 g/mol. The lowest BCUT2D eigenvalue weighted by Gasteiger charge is -2.06. The number of thiazole rings is 1. The maximum Gasteiger partial charge on any atom is 0.231 e. The Morgan fingerprint density at radius 3 is 2.80 bits per heavy atom. The number of aromatic nitrogens is 1. The molecule has 20 heavy (non-hydrogen) atoms. The Labute approximate surface area is 129 Å². The fraction of sp³-hybridized carbons (Fsp3) is 0.308. The molecule has 0 fully saturated rings. The molecule has 7 heteroatoms. The summed E-state index contributed by atoms with van der Waals surface area (Å²) in [5.41, 5.74) is 0.833. The summed E-state index contributed by atoms with van der Waals surface area (Å²) in [6, 6.07) is 4.82. The third-order valence-corrected chi connectivity index (χ3v) is 4.41. The van der Waals surface area contributed by atoms with Gasteiger partial charge in [0, 0.05) is 19.8 Å². The fourth-order valence-corrected chi connectivity index (χ4v) is 2.85. The number of nitrogens with zero attached hydrogens (tertiary/aromatic N) is 2. The summed E-state index contributed by atoms with van der Waals surface area (Å²) in [6.45, 7) is 0.576. The molecule has 0 aliphatic heterocycles. The molecule has 0 amide bonds. The minimum absolute atomic E-state index is 0.277. The van der Waals surface area contributed by atoms with Crippen LogP contribution in [-0.2, 0) is 6.54 Å². The highest BCUT2D eigenvalue weighted by Gasteiger charge is 2.13. The van der Waals surface area contributed by atoms with E-state index in [0.29, 0.717) is 16.9 Å². The molecule has 0 spiro atoms. The number of halogens is 2. The molecule has 1 N–H and O–H groups in total. The second-order valence-electron chi connectivity index (χ2n) is 4.31. The number of hydrogen-bond acceptors (Lipinski definition) is 5. The van der Waals surface area contributed by atoms with Gasteiger partial charge in [-0.1, -0.05) is 11.3 Å². The van der Waals surface area contributed by atoms with E-state index in [1.807, 2.05) is 19.0 Å². The monoisotopic (exact) mass is 359 g/mol. The number of rotatable bonds is 5. The van der Waals surface area contributed by atoms with E-state index < -0.39 is 0 Å². The van der Waals surface area contributed by atoms with Crippen molar-refractivity contribution in [3.8, 4) is 5.88 Å². The standard InChI is InChI=1S/C13H15BrFN3OS/c1-18(2)13-17-12(19-3)11(20-13)7-16-8-4-5-10(15)9(14)6-8/h4-6,16H,7H2,1-3H3. The van der Waals surface area contributed by atoms with E-state index in [1.165, 1.54) is 6.07 Å². The number of methoxy groups -OCH3 is 1. The maximum atomic E-state index is 13.2. The zero-order chi connectivity index (χ0) is 14.7. The van der Waals surface area contributed by atoms with Crippen LogP contribution in [0, 0.1) is 5.82 Å². The first-order valence-electron chi connectivity index (χ1n) is 5.91. The average Bonchev–Trinajstić information content (AvgIpc) is 2.83. The number of ether oxygens (including phenoxy) is 1. The number of hydrogen-bond donors (Lipinski definition) is 1. The summed E-state index contributed by atoms with van der Waals surface area (Å²) in [5.74, 6) is 0.341.